The molecule has 2 aromatic rings. The average Bonchev–Trinajstić information content (AvgIpc) is 3.18. The summed E-state index contributed by atoms with van der Waals surface area (Å²) in [6, 6.07) is 2.05. The number of hydrogen-bond donors (Lipinski definition) is 1. The summed E-state index contributed by atoms with van der Waals surface area (Å²) in [5, 5.41) is 0. The van der Waals surface area contributed by atoms with Gasteiger partial charge in [0.1, 0.15) is 11.6 Å². The smallest absolute Gasteiger partial charge is 0.222 e. The van der Waals surface area contributed by atoms with E-state index in [2.05, 4.69) is 26.8 Å². The first-order valence-electron chi connectivity index (χ1n) is 8.10. The molecule has 1 aliphatic rings. The van der Waals surface area contributed by atoms with Crippen LogP contribution in [0, 0.1) is 0 Å². The highest BCUT2D eigenvalue weighted by molar-refractivity contribution is 5.44. The van der Waals surface area contributed by atoms with E-state index in [0.717, 1.165) is 43.3 Å². The maximum atomic E-state index is 5.95. The van der Waals surface area contributed by atoms with Gasteiger partial charge in [0.2, 0.25) is 5.95 Å². The molecule has 0 amide bonds. The molecule has 7 nitrogen and oxygen atoms in total. The summed E-state index contributed by atoms with van der Waals surface area (Å²) in [4.78, 5) is 15.5. The van der Waals surface area contributed by atoms with E-state index in [1.54, 1.807) is 0 Å². The molecule has 0 aromatic carbocycles. The third-order valence-corrected chi connectivity index (χ3v) is 4.17. The third kappa shape index (κ3) is 3.61. The Labute approximate surface area is 136 Å². The Morgan fingerprint density at radius 3 is 2.96 bits per heavy atom. The van der Waals surface area contributed by atoms with Gasteiger partial charge in [-0.15, -0.1) is 0 Å². The van der Waals surface area contributed by atoms with Crippen LogP contribution in [0.5, 0.6) is 0 Å². The minimum Gasteiger partial charge on any atom is -0.381 e. The van der Waals surface area contributed by atoms with Gasteiger partial charge < -0.3 is 19.9 Å². The Morgan fingerprint density at radius 1 is 1.43 bits per heavy atom. The molecule has 7 heteroatoms. The fourth-order valence-electron chi connectivity index (χ4n) is 2.87. The van der Waals surface area contributed by atoms with Gasteiger partial charge in [0, 0.05) is 44.6 Å². The summed E-state index contributed by atoms with van der Waals surface area (Å²) < 4.78 is 7.50. The molecule has 0 spiro atoms. The molecule has 0 radical (unpaired) electrons. The first-order chi connectivity index (χ1) is 11.2. The van der Waals surface area contributed by atoms with Gasteiger partial charge in [-0.2, -0.15) is 4.98 Å². The molecule has 1 unspecified atom stereocenters. The molecule has 124 valence electrons. The molecule has 3 rings (SSSR count). The largest absolute Gasteiger partial charge is 0.381 e. The minimum absolute atomic E-state index is 0.315. The van der Waals surface area contributed by atoms with Crippen molar-refractivity contribution in [2.24, 2.45) is 7.05 Å². The van der Waals surface area contributed by atoms with Gasteiger partial charge in [-0.05, 0) is 12.8 Å². The van der Waals surface area contributed by atoms with E-state index in [-0.39, 0.29) is 0 Å². The maximum absolute atomic E-state index is 5.95. The Balaban J connectivity index is 1.87. The number of aromatic nitrogens is 4. The van der Waals surface area contributed by atoms with Crippen LogP contribution in [0.3, 0.4) is 0 Å². The van der Waals surface area contributed by atoms with E-state index in [1.165, 1.54) is 0 Å². The first kappa shape index (κ1) is 15.7. The SMILES string of the molecule is CCCN(Cc1nccn1C)c1cc(C2CCOC2)nc(N)n1. The Kier molecular flexibility index (Phi) is 4.76. The number of hydrogen-bond acceptors (Lipinski definition) is 6. The van der Waals surface area contributed by atoms with Gasteiger partial charge in [0.05, 0.1) is 18.8 Å². The monoisotopic (exact) mass is 316 g/mol. The van der Waals surface area contributed by atoms with Crippen molar-refractivity contribution >= 4 is 11.8 Å². The molecule has 23 heavy (non-hydrogen) atoms. The molecule has 3 heterocycles. The Morgan fingerprint density at radius 2 is 2.30 bits per heavy atom. The summed E-state index contributed by atoms with van der Waals surface area (Å²) in [6.07, 6.45) is 5.78. The highest BCUT2D eigenvalue weighted by Gasteiger charge is 2.22. The number of anilines is 2. The van der Waals surface area contributed by atoms with Crippen LogP contribution in [0.1, 0.15) is 37.2 Å². The average molecular weight is 316 g/mol. The van der Waals surface area contributed by atoms with E-state index in [0.29, 0.717) is 25.0 Å². The van der Waals surface area contributed by atoms with Crippen molar-refractivity contribution in [2.45, 2.75) is 32.2 Å². The zero-order valence-electron chi connectivity index (χ0n) is 13.8. The van der Waals surface area contributed by atoms with Crippen LogP contribution in [-0.4, -0.2) is 39.3 Å². The number of nitrogen functional groups attached to an aromatic ring is 1. The lowest BCUT2D eigenvalue weighted by Gasteiger charge is -2.24. The molecular weight excluding hydrogens is 292 g/mol. The zero-order chi connectivity index (χ0) is 16.2. The molecule has 2 N–H and O–H groups in total. The molecule has 2 aromatic heterocycles. The third-order valence-electron chi connectivity index (χ3n) is 4.17. The van der Waals surface area contributed by atoms with Crippen LogP contribution < -0.4 is 10.6 Å². The van der Waals surface area contributed by atoms with Crippen molar-refractivity contribution in [3.05, 3.63) is 30.0 Å². The lowest BCUT2D eigenvalue weighted by molar-refractivity contribution is 0.193. The van der Waals surface area contributed by atoms with Crippen LogP contribution in [0.15, 0.2) is 18.5 Å². The van der Waals surface area contributed by atoms with Crippen LogP contribution in [0.2, 0.25) is 0 Å². The highest BCUT2D eigenvalue weighted by atomic mass is 16.5. The number of ether oxygens (including phenoxy) is 1. The summed E-state index contributed by atoms with van der Waals surface area (Å²) >= 11 is 0. The number of nitrogens with zero attached hydrogens (tertiary/aromatic N) is 5. The van der Waals surface area contributed by atoms with Crippen LogP contribution >= 0.6 is 0 Å². The van der Waals surface area contributed by atoms with Crippen molar-refractivity contribution in [1.29, 1.82) is 0 Å². The first-order valence-corrected chi connectivity index (χ1v) is 8.10. The number of imidazole rings is 1. The summed E-state index contributed by atoms with van der Waals surface area (Å²) in [5.41, 5.74) is 6.93. The van der Waals surface area contributed by atoms with Crippen molar-refractivity contribution in [3.8, 4) is 0 Å². The standard InChI is InChI=1S/C16H24N6O/c1-3-6-22(10-15-18-5-7-21(15)2)14-9-13(19-16(17)20-14)12-4-8-23-11-12/h5,7,9,12H,3-4,6,8,10-11H2,1-2H3,(H2,17,19,20). The number of nitrogens with two attached hydrogens (primary N) is 1. The minimum atomic E-state index is 0.315. The lowest BCUT2D eigenvalue weighted by Crippen LogP contribution is -2.27. The summed E-state index contributed by atoms with van der Waals surface area (Å²) in [6.45, 7) is 5.25. The van der Waals surface area contributed by atoms with Gasteiger partial charge >= 0.3 is 0 Å². The van der Waals surface area contributed by atoms with Crippen LogP contribution in [0.25, 0.3) is 0 Å². The molecule has 0 aliphatic carbocycles. The summed E-state index contributed by atoms with van der Waals surface area (Å²) in [7, 11) is 2.00. The van der Waals surface area contributed by atoms with E-state index in [1.807, 2.05) is 30.1 Å². The molecule has 1 atom stereocenters. The Hall–Kier alpha value is -2.15. The second-order valence-corrected chi connectivity index (χ2v) is 5.95. The zero-order valence-corrected chi connectivity index (χ0v) is 13.8. The topological polar surface area (TPSA) is 82.1 Å². The van der Waals surface area contributed by atoms with Gasteiger partial charge in [0.25, 0.3) is 0 Å². The normalized spacial score (nSPS) is 17.6. The molecular formula is C16H24N6O. The van der Waals surface area contributed by atoms with Crippen molar-refractivity contribution in [1.82, 2.24) is 19.5 Å². The predicted octanol–water partition coefficient (Wildman–Crippen LogP) is 1.71. The lowest BCUT2D eigenvalue weighted by atomic mass is 10.0. The fraction of sp³-hybridized carbons (Fsp3) is 0.562. The van der Waals surface area contributed by atoms with E-state index < -0.39 is 0 Å². The van der Waals surface area contributed by atoms with Crippen molar-refractivity contribution in [3.63, 3.8) is 0 Å². The van der Waals surface area contributed by atoms with Crippen LogP contribution in [-0.2, 0) is 18.3 Å². The molecule has 1 aliphatic heterocycles. The quantitative estimate of drug-likeness (QED) is 0.873. The fourth-order valence-corrected chi connectivity index (χ4v) is 2.87. The molecule has 1 saturated heterocycles. The van der Waals surface area contributed by atoms with Gasteiger partial charge in [-0.1, -0.05) is 6.92 Å². The summed E-state index contributed by atoms with van der Waals surface area (Å²) in [5.74, 6) is 2.51. The molecule has 0 saturated carbocycles. The van der Waals surface area contributed by atoms with Crippen LogP contribution in [0.4, 0.5) is 11.8 Å². The van der Waals surface area contributed by atoms with Gasteiger partial charge in [-0.25, -0.2) is 9.97 Å². The number of aryl methyl sites for hydroxylation is 1. The van der Waals surface area contributed by atoms with E-state index >= 15 is 0 Å². The maximum Gasteiger partial charge on any atom is 0.222 e. The second-order valence-electron chi connectivity index (χ2n) is 5.95. The second kappa shape index (κ2) is 6.95. The highest BCUT2D eigenvalue weighted by Crippen LogP contribution is 2.27. The molecule has 1 fully saturated rings. The van der Waals surface area contributed by atoms with E-state index in [4.69, 9.17) is 10.5 Å². The van der Waals surface area contributed by atoms with Crippen molar-refractivity contribution in [2.75, 3.05) is 30.4 Å². The Bertz CT molecular complexity index is 650. The predicted molar refractivity (Wildman–Crippen MR) is 89.2 cm³/mol. The van der Waals surface area contributed by atoms with Crippen molar-refractivity contribution < 1.29 is 4.74 Å². The van der Waals surface area contributed by atoms with Gasteiger partial charge in [0.15, 0.2) is 0 Å². The van der Waals surface area contributed by atoms with Gasteiger partial charge in [-0.3, -0.25) is 0 Å². The van der Waals surface area contributed by atoms with E-state index in [9.17, 15) is 0 Å². The molecule has 0 bridgehead atoms. The number of rotatable bonds is 6.